The summed E-state index contributed by atoms with van der Waals surface area (Å²) in [6, 6.07) is 9.19. The van der Waals surface area contributed by atoms with Crippen LogP contribution in [0.15, 0.2) is 30.3 Å². The van der Waals surface area contributed by atoms with Crippen LogP contribution in [-0.2, 0) is 0 Å². The number of amides is 1. The van der Waals surface area contributed by atoms with Crippen LogP contribution in [0.4, 0.5) is 0 Å². The zero-order valence-corrected chi connectivity index (χ0v) is 9.50. The van der Waals surface area contributed by atoms with Crippen LogP contribution in [0.1, 0.15) is 17.3 Å². The maximum atomic E-state index is 11.1. The van der Waals surface area contributed by atoms with E-state index in [1.165, 1.54) is 0 Å². The SMILES string of the molecule is CCNC(=O)c1ccccc1.[Na+]. The first-order valence-electron chi connectivity index (χ1n) is 3.68. The van der Waals surface area contributed by atoms with Crippen molar-refractivity contribution >= 4 is 5.91 Å². The molecule has 0 unspecified atom stereocenters. The molecule has 0 atom stereocenters. The largest absolute Gasteiger partial charge is 1.00 e. The van der Waals surface area contributed by atoms with Crippen LogP contribution in [0.3, 0.4) is 0 Å². The van der Waals surface area contributed by atoms with Crippen molar-refractivity contribution < 1.29 is 34.4 Å². The standard InChI is InChI=1S/C9H11NO.Na/c1-2-10-9(11)8-6-4-3-5-7-8;/h3-7H,2H2,1H3,(H,10,11);/q;+1. The smallest absolute Gasteiger partial charge is 0.352 e. The molecule has 0 spiro atoms. The first kappa shape index (κ1) is 11.7. The van der Waals surface area contributed by atoms with Gasteiger partial charge in [0.2, 0.25) is 0 Å². The average molecular weight is 172 g/mol. The van der Waals surface area contributed by atoms with Gasteiger partial charge in [-0.2, -0.15) is 0 Å². The van der Waals surface area contributed by atoms with Gasteiger partial charge in [-0.1, -0.05) is 18.2 Å². The van der Waals surface area contributed by atoms with Gasteiger partial charge in [-0.25, -0.2) is 0 Å². The molecule has 0 fully saturated rings. The third-order valence-electron chi connectivity index (χ3n) is 1.37. The molecule has 0 bridgehead atoms. The van der Waals surface area contributed by atoms with Crippen molar-refractivity contribution in [1.29, 1.82) is 0 Å². The molecule has 1 aromatic carbocycles. The molecule has 0 heterocycles. The molecule has 2 nitrogen and oxygen atoms in total. The second-order valence-corrected chi connectivity index (χ2v) is 2.23. The molecule has 1 aromatic rings. The van der Waals surface area contributed by atoms with Crippen molar-refractivity contribution in [3.63, 3.8) is 0 Å². The van der Waals surface area contributed by atoms with Crippen molar-refractivity contribution in [2.75, 3.05) is 6.54 Å². The van der Waals surface area contributed by atoms with E-state index in [4.69, 9.17) is 0 Å². The molecular formula is C9H11NNaO+. The first-order chi connectivity index (χ1) is 5.34. The van der Waals surface area contributed by atoms with E-state index in [1.807, 2.05) is 25.1 Å². The number of nitrogens with one attached hydrogen (secondary N) is 1. The molecule has 12 heavy (non-hydrogen) atoms. The van der Waals surface area contributed by atoms with Crippen molar-refractivity contribution in [3.05, 3.63) is 35.9 Å². The van der Waals surface area contributed by atoms with Gasteiger partial charge < -0.3 is 5.32 Å². The molecule has 0 aliphatic carbocycles. The van der Waals surface area contributed by atoms with Gasteiger partial charge in [-0.15, -0.1) is 0 Å². The molecule has 0 saturated heterocycles. The maximum absolute atomic E-state index is 11.1. The van der Waals surface area contributed by atoms with Gasteiger partial charge in [0.05, 0.1) is 0 Å². The number of benzene rings is 1. The Morgan fingerprint density at radius 3 is 2.42 bits per heavy atom. The van der Waals surface area contributed by atoms with Gasteiger partial charge in [-0.05, 0) is 19.1 Å². The minimum Gasteiger partial charge on any atom is -0.352 e. The van der Waals surface area contributed by atoms with Crippen LogP contribution < -0.4 is 34.9 Å². The Bertz CT molecular complexity index is 236. The second kappa shape index (κ2) is 6.23. The summed E-state index contributed by atoms with van der Waals surface area (Å²) < 4.78 is 0. The number of hydrogen-bond acceptors (Lipinski definition) is 1. The topological polar surface area (TPSA) is 29.1 Å². The molecular weight excluding hydrogens is 161 g/mol. The third kappa shape index (κ3) is 3.39. The number of carbonyl (C=O) groups is 1. The summed E-state index contributed by atoms with van der Waals surface area (Å²) in [5.41, 5.74) is 0.717. The predicted molar refractivity (Wildman–Crippen MR) is 44.4 cm³/mol. The minimum atomic E-state index is -0.00639. The molecule has 0 aliphatic rings. The Balaban J connectivity index is 0.00000121. The third-order valence-corrected chi connectivity index (χ3v) is 1.37. The second-order valence-electron chi connectivity index (χ2n) is 2.23. The number of carbonyl (C=O) groups excluding carboxylic acids is 1. The van der Waals surface area contributed by atoms with E-state index < -0.39 is 0 Å². The summed E-state index contributed by atoms with van der Waals surface area (Å²) in [5, 5.41) is 2.72. The molecule has 58 valence electrons. The zero-order valence-electron chi connectivity index (χ0n) is 7.50. The van der Waals surface area contributed by atoms with E-state index in [0.717, 1.165) is 0 Å². The Morgan fingerprint density at radius 1 is 1.33 bits per heavy atom. The Morgan fingerprint density at radius 2 is 1.92 bits per heavy atom. The van der Waals surface area contributed by atoms with Crippen LogP contribution in [-0.4, -0.2) is 12.5 Å². The van der Waals surface area contributed by atoms with E-state index >= 15 is 0 Å². The summed E-state index contributed by atoms with van der Waals surface area (Å²) in [6.45, 7) is 2.58. The van der Waals surface area contributed by atoms with E-state index in [1.54, 1.807) is 12.1 Å². The Kier molecular flexibility index (Phi) is 6.07. The fourth-order valence-electron chi connectivity index (χ4n) is 0.852. The normalized spacial score (nSPS) is 8.42. The van der Waals surface area contributed by atoms with E-state index in [-0.39, 0.29) is 35.5 Å². The zero-order chi connectivity index (χ0) is 8.10. The number of hydrogen-bond donors (Lipinski definition) is 1. The van der Waals surface area contributed by atoms with Crippen LogP contribution in [0.2, 0.25) is 0 Å². The van der Waals surface area contributed by atoms with Crippen LogP contribution in [0, 0.1) is 0 Å². The van der Waals surface area contributed by atoms with E-state index in [9.17, 15) is 4.79 Å². The summed E-state index contributed by atoms with van der Waals surface area (Å²) >= 11 is 0. The van der Waals surface area contributed by atoms with Gasteiger partial charge >= 0.3 is 29.6 Å². The fourth-order valence-corrected chi connectivity index (χ4v) is 0.852. The summed E-state index contributed by atoms with van der Waals surface area (Å²) in [4.78, 5) is 11.1. The van der Waals surface area contributed by atoms with Crippen molar-refractivity contribution in [1.82, 2.24) is 5.32 Å². The fraction of sp³-hybridized carbons (Fsp3) is 0.222. The van der Waals surface area contributed by atoms with Crippen LogP contribution in [0.25, 0.3) is 0 Å². The number of rotatable bonds is 2. The summed E-state index contributed by atoms with van der Waals surface area (Å²) in [5.74, 6) is -0.00639. The van der Waals surface area contributed by atoms with Crippen LogP contribution in [0.5, 0.6) is 0 Å². The van der Waals surface area contributed by atoms with Gasteiger partial charge in [0, 0.05) is 12.1 Å². The van der Waals surface area contributed by atoms with Crippen LogP contribution >= 0.6 is 0 Å². The summed E-state index contributed by atoms with van der Waals surface area (Å²) in [7, 11) is 0. The maximum Gasteiger partial charge on any atom is 1.00 e. The predicted octanol–water partition coefficient (Wildman–Crippen LogP) is -1.56. The molecule has 0 radical (unpaired) electrons. The van der Waals surface area contributed by atoms with Gasteiger partial charge in [0.1, 0.15) is 0 Å². The summed E-state index contributed by atoms with van der Waals surface area (Å²) in [6.07, 6.45) is 0. The average Bonchev–Trinajstić information content (AvgIpc) is 2.07. The Labute approximate surface area is 94.7 Å². The van der Waals surface area contributed by atoms with Crippen molar-refractivity contribution in [3.8, 4) is 0 Å². The monoisotopic (exact) mass is 172 g/mol. The minimum absolute atomic E-state index is 0. The van der Waals surface area contributed by atoms with E-state index in [0.29, 0.717) is 12.1 Å². The molecule has 3 heteroatoms. The molecule has 1 amide bonds. The quantitative estimate of drug-likeness (QED) is 0.537. The van der Waals surface area contributed by atoms with Crippen molar-refractivity contribution in [2.45, 2.75) is 6.92 Å². The van der Waals surface area contributed by atoms with Gasteiger partial charge in [0.25, 0.3) is 5.91 Å². The van der Waals surface area contributed by atoms with Gasteiger partial charge in [-0.3, -0.25) is 4.79 Å². The molecule has 1 rings (SSSR count). The molecule has 1 N–H and O–H groups in total. The molecule has 0 aromatic heterocycles. The molecule has 0 aliphatic heterocycles. The van der Waals surface area contributed by atoms with E-state index in [2.05, 4.69) is 5.32 Å². The van der Waals surface area contributed by atoms with Gasteiger partial charge in [0.15, 0.2) is 0 Å². The molecule has 0 saturated carbocycles. The Hall–Kier alpha value is -0.310. The first-order valence-corrected chi connectivity index (χ1v) is 3.68. The van der Waals surface area contributed by atoms with Crippen molar-refractivity contribution in [2.24, 2.45) is 0 Å².